The SMILES string of the molecule is CCC[CH2][Sn]([CH2]CCC)([CH2]CCC)[c]1ccc(-c2cccnc2)nn1. The molecule has 0 amide bonds. The van der Waals surface area contributed by atoms with Crippen molar-refractivity contribution in [3.63, 3.8) is 0 Å². The van der Waals surface area contributed by atoms with Crippen LogP contribution in [-0.2, 0) is 0 Å². The molecule has 0 saturated heterocycles. The third kappa shape index (κ3) is 5.77. The molecule has 0 N–H and O–H groups in total. The van der Waals surface area contributed by atoms with Crippen molar-refractivity contribution in [2.24, 2.45) is 0 Å². The van der Waals surface area contributed by atoms with Crippen molar-refractivity contribution in [2.75, 3.05) is 0 Å². The van der Waals surface area contributed by atoms with E-state index in [0.717, 1.165) is 11.3 Å². The van der Waals surface area contributed by atoms with Crippen LogP contribution in [0.2, 0.25) is 13.3 Å². The van der Waals surface area contributed by atoms with Crippen molar-refractivity contribution in [1.82, 2.24) is 15.2 Å². The minimum absolute atomic E-state index is 0.943. The summed E-state index contributed by atoms with van der Waals surface area (Å²) >= 11 is -2.44. The normalized spacial score (nSPS) is 11.6. The molecule has 0 bridgehead atoms. The monoisotopic (exact) mass is 447 g/mol. The first kappa shape index (κ1) is 20.3. The molecule has 0 spiro atoms. The Kier molecular flexibility index (Phi) is 8.86. The topological polar surface area (TPSA) is 38.7 Å². The quantitative estimate of drug-likeness (QED) is 0.423. The molecule has 0 unspecified atom stereocenters. The molecule has 0 saturated carbocycles. The molecule has 2 aromatic heterocycles. The molecule has 2 aromatic rings. The van der Waals surface area contributed by atoms with E-state index < -0.39 is 18.4 Å². The molecule has 4 heteroatoms. The van der Waals surface area contributed by atoms with Gasteiger partial charge in [-0.3, -0.25) is 0 Å². The fourth-order valence-corrected chi connectivity index (χ4v) is 18.7. The Labute approximate surface area is 157 Å². The van der Waals surface area contributed by atoms with Crippen LogP contribution >= 0.6 is 0 Å². The van der Waals surface area contributed by atoms with E-state index in [2.05, 4.69) is 49.1 Å². The van der Waals surface area contributed by atoms with Gasteiger partial charge in [0.1, 0.15) is 0 Å². The molecule has 0 aliphatic heterocycles. The summed E-state index contributed by atoms with van der Waals surface area (Å²) in [5.74, 6) is 0. The summed E-state index contributed by atoms with van der Waals surface area (Å²) in [5.41, 5.74) is 2.00. The molecule has 0 aliphatic carbocycles. The first-order chi connectivity index (χ1) is 12.3. The number of nitrogens with zero attached hydrogens (tertiary/aromatic N) is 3. The number of aromatic nitrogens is 3. The van der Waals surface area contributed by atoms with Crippen LogP contribution in [0.25, 0.3) is 11.3 Å². The number of hydrogen-bond acceptors (Lipinski definition) is 3. The third-order valence-corrected chi connectivity index (χ3v) is 20.3. The van der Waals surface area contributed by atoms with Gasteiger partial charge >= 0.3 is 158 Å². The van der Waals surface area contributed by atoms with Crippen LogP contribution in [0.4, 0.5) is 0 Å². The molecule has 0 atom stereocenters. The maximum absolute atomic E-state index is 4.80. The van der Waals surface area contributed by atoms with Crippen LogP contribution in [0.1, 0.15) is 59.3 Å². The number of unbranched alkanes of at least 4 members (excludes halogenated alkanes) is 3. The zero-order chi connectivity index (χ0) is 18.0. The Morgan fingerprint density at radius 3 is 1.88 bits per heavy atom. The van der Waals surface area contributed by atoms with Gasteiger partial charge in [-0.2, -0.15) is 0 Å². The molecule has 25 heavy (non-hydrogen) atoms. The summed E-state index contributed by atoms with van der Waals surface area (Å²) in [6.45, 7) is 6.94. The standard InChI is InChI=1S/C9H6N3.3C4H9.Sn/c1-3-8(7-10-5-1)9-4-2-6-11-12-9;3*1-3-4-2;/h1-5,7H;3*1,3-4H2,2H3;. The second-order valence-electron chi connectivity index (χ2n) is 7.14. The Morgan fingerprint density at radius 1 is 0.800 bits per heavy atom. The molecular formula is C21H33N3Sn. The summed E-state index contributed by atoms with van der Waals surface area (Å²) in [6, 6.07) is 8.50. The summed E-state index contributed by atoms with van der Waals surface area (Å²) < 4.78 is 5.71. The van der Waals surface area contributed by atoms with Crippen LogP contribution in [-0.4, -0.2) is 33.6 Å². The Morgan fingerprint density at radius 2 is 1.44 bits per heavy atom. The van der Waals surface area contributed by atoms with Gasteiger partial charge in [-0.1, -0.05) is 0 Å². The zero-order valence-electron chi connectivity index (χ0n) is 16.2. The summed E-state index contributed by atoms with van der Waals surface area (Å²) in [7, 11) is 0. The number of pyridine rings is 1. The van der Waals surface area contributed by atoms with Crippen LogP contribution < -0.4 is 3.71 Å². The van der Waals surface area contributed by atoms with E-state index in [1.165, 1.54) is 55.5 Å². The van der Waals surface area contributed by atoms with Crippen molar-refractivity contribution < 1.29 is 0 Å². The molecule has 0 radical (unpaired) electrons. The minimum atomic E-state index is -2.44. The van der Waals surface area contributed by atoms with E-state index >= 15 is 0 Å². The fourth-order valence-electron chi connectivity index (χ4n) is 3.59. The van der Waals surface area contributed by atoms with Crippen LogP contribution in [0.5, 0.6) is 0 Å². The molecule has 3 nitrogen and oxygen atoms in total. The first-order valence-corrected chi connectivity index (χ1v) is 17.5. The van der Waals surface area contributed by atoms with E-state index in [9.17, 15) is 0 Å². The second kappa shape index (κ2) is 10.9. The molecule has 0 aliphatic rings. The van der Waals surface area contributed by atoms with Crippen molar-refractivity contribution >= 4 is 22.1 Å². The summed E-state index contributed by atoms with van der Waals surface area (Å²) in [6.07, 6.45) is 11.6. The number of rotatable bonds is 11. The molecular weight excluding hydrogens is 413 g/mol. The van der Waals surface area contributed by atoms with Crippen molar-refractivity contribution in [1.29, 1.82) is 0 Å². The summed E-state index contributed by atoms with van der Waals surface area (Å²) in [5, 5.41) is 9.40. The van der Waals surface area contributed by atoms with Crippen LogP contribution in [0, 0.1) is 0 Å². The zero-order valence-corrected chi connectivity index (χ0v) is 19.0. The molecule has 136 valence electrons. The van der Waals surface area contributed by atoms with Gasteiger partial charge in [0.05, 0.1) is 0 Å². The van der Waals surface area contributed by atoms with Crippen molar-refractivity contribution in [3.05, 3.63) is 36.7 Å². The van der Waals surface area contributed by atoms with Crippen LogP contribution in [0.3, 0.4) is 0 Å². The van der Waals surface area contributed by atoms with Gasteiger partial charge in [0.25, 0.3) is 0 Å². The van der Waals surface area contributed by atoms with Crippen molar-refractivity contribution in [2.45, 2.75) is 72.6 Å². The summed E-state index contributed by atoms with van der Waals surface area (Å²) in [4.78, 5) is 4.20. The molecule has 0 aromatic carbocycles. The Hall–Kier alpha value is -0.971. The van der Waals surface area contributed by atoms with E-state index in [1.54, 1.807) is 6.20 Å². The van der Waals surface area contributed by atoms with Gasteiger partial charge in [0, 0.05) is 0 Å². The van der Waals surface area contributed by atoms with Gasteiger partial charge in [-0.05, 0) is 0 Å². The molecule has 0 fully saturated rings. The van der Waals surface area contributed by atoms with E-state index in [-0.39, 0.29) is 0 Å². The van der Waals surface area contributed by atoms with Gasteiger partial charge in [0.15, 0.2) is 0 Å². The van der Waals surface area contributed by atoms with Crippen LogP contribution in [0.15, 0.2) is 36.7 Å². The van der Waals surface area contributed by atoms with E-state index in [1.807, 2.05) is 12.3 Å². The average Bonchev–Trinajstić information content (AvgIpc) is 2.68. The number of hydrogen-bond donors (Lipinski definition) is 0. The first-order valence-electron chi connectivity index (χ1n) is 10.0. The van der Waals surface area contributed by atoms with Crippen molar-refractivity contribution in [3.8, 4) is 11.3 Å². The molecule has 2 heterocycles. The fraction of sp³-hybridized carbons (Fsp3) is 0.571. The van der Waals surface area contributed by atoms with E-state index in [0.29, 0.717) is 0 Å². The third-order valence-electron chi connectivity index (χ3n) is 5.19. The maximum atomic E-state index is 4.80. The predicted molar refractivity (Wildman–Crippen MR) is 110 cm³/mol. The average molecular weight is 446 g/mol. The molecule has 2 rings (SSSR count). The van der Waals surface area contributed by atoms with Gasteiger partial charge in [-0.25, -0.2) is 0 Å². The predicted octanol–water partition coefficient (Wildman–Crippen LogP) is 5.59. The van der Waals surface area contributed by atoms with Gasteiger partial charge in [0.2, 0.25) is 0 Å². The van der Waals surface area contributed by atoms with Gasteiger partial charge in [-0.15, -0.1) is 0 Å². The van der Waals surface area contributed by atoms with Gasteiger partial charge < -0.3 is 0 Å². The van der Waals surface area contributed by atoms with E-state index in [4.69, 9.17) is 5.10 Å². The second-order valence-corrected chi connectivity index (χ2v) is 20.2. The Bertz CT molecular complexity index is 577. The Balaban J connectivity index is 2.30.